The van der Waals surface area contributed by atoms with Crippen molar-refractivity contribution in [1.82, 2.24) is 10.6 Å². The minimum Gasteiger partial charge on any atom is -0.372 e. The Labute approximate surface area is 205 Å². The molecule has 1 saturated carbocycles. The Bertz CT molecular complexity index is 1030. The van der Waals surface area contributed by atoms with Crippen LogP contribution in [0.2, 0.25) is 0 Å². The molecular weight excluding hydrogens is 486 g/mol. The molecule has 10 heteroatoms. The van der Waals surface area contributed by atoms with Gasteiger partial charge in [-0.2, -0.15) is 26.3 Å². The molecule has 0 unspecified atom stereocenters. The Morgan fingerprint density at radius 3 is 2.14 bits per heavy atom. The molecule has 2 aromatic carbocycles. The third-order valence-corrected chi connectivity index (χ3v) is 6.89. The summed E-state index contributed by atoms with van der Waals surface area (Å²) in [5.74, 6) is -0.234. The van der Waals surface area contributed by atoms with Crippen LogP contribution in [0.15, 0.2) is 48.5 Å². The smallest absolute Gasteiger partial charge is 0.372 e. The Morgan fingerprint density at radius 1 is 1.03 bits per heavy atom. The molecule has 36 heavy (non-hydrogen) atoms. The van der Waals surface area contributed by atoms with Crippen LogP contribution in [-0.2, 0) is 27.4 Å². The van der Waals surface area contributed by atoms with Crippen molar-refractivity contribution in [2.75, 3.05) is 13.2 Å². The zero-order chi connectivity index (χ0) is 26.1. The first-order valence-electron chi connectivity index (χ1n) is 11.9. The van der Waals surface area contributed by atoms with Gasteiger partial charge in [0.2, 0.25) is 5.91 Å². The third-order valence-electron chi connectivity index (χ3n) is 6.89. The molecule has 3 atom stereocenters. The number of amides is 1. The summed E-state index contributed by atoms with van der Waals surface area (Å²) in [6.07, 6.45) is -7.84. The van der Waals surface area contributed by atoms with Crippen LogP contribution in [0.25, 0.3) is 0 Å². The zero-order valence-corrected chi connectivity index (χ0v) is 19.7. The maximum Gasteiger partial charge on any atom is 0.416 e. The molecule has 1 aliphatic carbocycles. The molecule has 0 bridgehead atoms. The Balaban J connectivity index is 1.53. The van der Waals surface area contributed by atoms with Crippen LogP contribution in [0.5, 0.6) is 0 Å². The van der Waals surface area contributed by atoms with E-state index < -0.39 is 35.1 Å². The Morgan fingerprint density at radius 2 is 1.64 bits per heavy atom. The summed E-state index contributed by atoms with van der Waals surface area (Å²) >= 11 is 0. The lowest BCUT2D eigenvalue weighted by Crippen LogP contribution is -2.54. The number of hydrogen-bond acceptors (Lipinski definition) is 3. The number of nitrogens with one attached hydrogen (secondary N) is 2. The number of halogens is 6. The van der Waals surface area contributed by atoms with E-state index >= 15 is 0 Å². The van der Waals surface area contributed by atoms with Gasteiger partial charge in [-0.15, -0.1) is 0 Å². The van der Waals surface area contributed by atoms with E-state index in [0.29, 0.717) is 31.5 Å². The number of alkyl halides is 6. The van der Waals surface area contributed by atoms with Crippen LogP contribution in [0.3, 0.4) is 0 Å². The van der Waals surface area contributed by atoms with Crippen molar-refractivity contribution in [3.8, 4) is 0 Å². The number of rotatable bonds is 7. The Hall–Kier alpha value is -2.59. The van der Waals surface area contributed by atoms with E-state index in [0.717, 1.165) is 18.4 Å². The summed E-state index contributed by atoms with van der Waals surface area (Å²) in [6, 6.07) is 11.1. The largest absolute Gasteiger partial charge is 0.416 e. The van der Waals surface area contributed by atoms with Gasteiger partial charge in [-0.25, -0.2) is 0 Å². The van der Waals surface area contributed by atoms with E-state index in [1.807, 2.05) is 30.3 Å². The van der Waals surface area contributed by atoms with Gasteiger partial charge in [0.15, 0.2) is 0 Å². The van der Waals surface area contributed by atoms with Gasteiger partial charge < -0.3 is 15.4 Å². The summed E-state index contributed by atoms with van der Waals surface area (Å²) in [5, 5.41) is 6.41. The number of hydrogen-bond donors (Lipinski definition) is 2. The van der Waals surface area contributed by atoms with Gasteiger partial charge in [-0.1, -0.05) is 30.3 Å². The predicted octanol–water partition coefficient (Wildman–Crippen LogP) is 5.98. The molecule has 2 fully saturated rings. The summed E-state index contributed by atoms with van der Waals surface area (Å²) < 4.78 is 85.7. The van der Waals surface area contributed by atoms with E-state index in [1.165, 1.54) is 6.92 Å². The molecule has 1 amide bonds. The van der Waals surface area contributed by atoms with Crippen molar-refractivity contribution in [3.05, 3.63) is 70.8 Å². The monoisotopic (exact) mass is 514 g/mol. The SMILES string of the molecule is C[C@@H](OC[C@@]1(c2ccccc2)CC[C@@H](C(=O)NC2CC2)CN1)c1cc(C(F)(F)F)cc(C(F)(F)F)c1. The normalized spacial score (nSPS) is 23.8. The maximum atomic E-state index is 13.3. The summed E-state index contributed by atoms with van der Waals surface area (Å²) in [7, 11) is 0. The maximum absolute atomic E-state index is 13.3. The highest BCUT2D eigenvalue weighted by Crippen LogP contribution is 2.39. The number of ether oxygens (including phenoxy) is 1. The lowest BCUT2D eigenvalue weighted by molar-refractivity contribution is -0.143. The molecule has 1 heterocycles. The van der Waals surface area contributed by atoms with Crippen molar-refractivity contribution < 1.29 is 35.9 Å². The molecule has 1 saturated heterocycles. The molecule has 196 valence electrons. The first-order chi connectivity index (χ1) is 16.9. The topological polar surface area (TPSA) is 50.4 Å². The summed E-state index contributed by atoms with van der Waals surface area (Å²) in [6.45, 7) is 1.82. The molecule has 2 N–H and O–H groups in total. The molecule has 2 aliphatic rings. The van der Waals surface area contributed by atoms with Crippen molar-refractivity contribution in [1.29, 1.82) is 0 Å². The van der Waals surface area contributed by atoms with Crippen LogP contribution >= 0.6 is 0 Å². The second-order valence-electron chi connectivity index (χ2n) is 9.64. The van der Waals surface area contributed by atoms with Gasteiger partial charge in [0.05, 0.1) is 35.3 Å². The molecule has 4 rings (SSSR count). The van der Waals surface area contributed by atoms with Crippen LogP contribution in [-0.4, -0.2) is 25.1 Å². The third kappa shape index (κ3) is 6.21. The average molecular weight is 515 g/mol. The average Bonchev–Trinajstić information content (AvgIpc) is 3.66. The number of piperidine rings is 1. The van der Waals surface area contributed by atoms with Gasteiger partial charge in [0, 0.05) is 12.6 Å². The molecule has 1 aliphatic heterocycles. The highest BCUT2D eigenvalue weighted by atomic mass is 19.4. The lowest BCUT2D eigenvalue weighted by Gasteiger charge is -2.42. The van der Waals surface area contributed by atoms with Crippen molar-refractivity contribution in [2.45, 2.75) is 62.6 Å². The molecule has 0 radical (unpaired) electrons. The first kappa shape index (κ1) is 26.5. The molecule has 2 aromatic rings. The van der Waals surface area contributed by atoms with Gasteiger partial charge in [-0.05, 0) is 61.9 Å². The van der Waals surface area contributed by atoms with Crippen LogP contribution in [0.1, 0.15) is 61.0 Å². The summed E-state index contributed by atoms with van der Waals surface area (Å²) in [4.78, 5) is 12.5. The van der Waals surface area contributed by atoms with Crippen LogP contribution in [0.4, 0.5) is 26.3 Å². The van der Waals surface area contributed by atoms with Crippen molar-refractivity contribution in [2.24, 2.45) is 5.92 Å². The number of carbonyl (C=O) groups excluding carboxylic acids is 1. The highest BCUT2D eigenvalue weighted by molar-refractivity contribution is 5.79. The minimum atomic E-state index is -4.93. The first-order valence-corrected chi connectivity index (χ1v) is 11.9. The zero-order valence-electron chi connectivity index (χ0n) is 19.7. The lowest BCUT2D eigenvalue weighted by atomic mass is 9.79. The van der Waals surface area contributed by atoms with Gasteiger partial charge in [0.25, 0.3) is 0 Å². The van der Waals surface area contributed by atoms with E-state index in [4.69, 9.17) is 4.74 Å². The predicted molar refractivity (Wildman–Crippen MR) is 121 cm³/mol. The van der Waals surface area contributed by atoms with E-state index in [1.54, 1.807) is 0 Å². The molecular formula is C26H28F6N2O2. The number of carbonyl (C=O) groups is 1. The quantitative estimate of drug-likeness (QED) is 0.448. The number of benzene rings is 2. The van der Waals surface area contributed by atoms with E-state index in [2.05, 4.69) is 10.6 Å². The van der Waals surface area contributed by atoms with Crippen molar-refractivity contribution in [3.63, 3.8) is 0 Å². The summed E-state index contributed by atoms with van der Waals surface area (Å²) in [5.41, 5.74) is -2.82. The van der Waals surface area contributed by atoms with E-state index in [-0.39, 0.29) is 36.1 Å². The fraction of sp³-hybridized carbons (Fsp3) is 0.500. The molecule has 0 aromatic heterocycles. The molecule has 4 nitrogen and oxygen atoms in total. The van der Waals surface area contributed by atoms with Gasteiger partial charge in [0.1, 0.15) is 0 Å². The van der Waals surface area contributed by atoms with Crippen molar-refractivity contribution >= 4 is 5.91 Å². The minimum absolute atomic E-state index is 0.00669. The standard InChI is InChI=1S/C26H28F6N2O2/c1-16(18-11-20(25(27,28)29)13-21(12-18)26(30,31)32)36-15-24(19-5-3-2-4-6-19)10-9-17(14-33-24)23(35)34-22-7-8-22/h2-6,11-13,16-17,22,33H,7-10,14-15H2,1H3,(H,34,35)/t16-,17-,24-/m1/s1. The van der Waals surface area contributed by atoms with Gasteiger partial charge in [-0.3, -0.25) is 4.79 Å². The molecule has 0 spiro atoms. The van der Waals surface area contributed by atoms with E-state index in [9.17, 15) is 31.1 Å². The van der Waals surface area contributed by atoms with Gasteiger partial charge >= 0.3 is 12.4 Å². The second kappa shape index (κ2) is 10.0. The fourth-order valence-corrected chi connectivity index (χ4v) is 4.49. The Kier molecular flexibility index (Phi) is 7.39. The fourth-order valence-electron chi connectivity index (χ4n) is 4.49. The second-order valence-corrected chi connectivity index (χ2v) is 9.64. The highest BCUT2D eigenvalue weighted by Gasteiger charge is 2.41. The van der Waals surface area contributed by atoms with Crippen LogP contribution in [0, 0.1) is 5.92 Å². The van der Waals surface area contributed by atoms with Crippen LogP contribution < -0.4 is 10.6 Å².